The van der Waals surface area contributed by atoms with E-state index in [2.05, 4.69) is 26.3 Å². The topological polar surface area (TPSA) is 72.9 Å². The average Bonchev–Trinajstić information content (AvgIpc) is 2.90. The van der Waals surface area contributed by atoms with Crippen molar-refractivity contribution in [1.82, 2.24) is 15.1 Å². The molecular formula is C17H21BrN4O. The summed E-state index contributed by atoms with van der Waals surface area (Å²) in [6, 6.07) is 7.53. The van der Waals surface area contributed by atoms with Crippen molar-refractivity contribution in [2.45, 2.75) is 37.8 Å². The molecule has 0 bridgehead atoms. The fraction of sp³-hybridized carbons (Fsp3) is 0.412. The minimum absolute atomic E-state index is 0.0155. The van der Waals surface area contributed by atoms with Crippen LogP contribution in [0.3, 0.4) is 0 Å². The monoisotopic (exact) mass is 376 g/mol. The number of hydrogen-bond acceptors (Lipinski definition) is 3. The number of rotatable bonds is 3. The lowest BCUT2D eigenvalue weighted by atomic mass is 9.89. The molecule has 6 heteroatoms. The van der Waals surface area contributed by atoms with Crippen molar-refractivity contribution in [3.8, 4) is 0 Å². The number of benzene rings is 1. The Bertz CT molecular complexity index is 721. The number of nitrogens with one attached hydrogen (secondary N) is 1. The molecule has 1 aromatic carbocycles. The van der Waals surface area contributed by atoms with Crippen LogP contribution in [0.5, 0.6) is 0 Å². The fourth-order valence-corrected chi connectivity index (χ4v) is 3.36. The number of aromatic nitrogens is 2. The van der Waals surface area contributed by atoms with Gasteiger partial charge in [-0.05, 0) is 43.9 Å². The van der Waals surface area contributed by atoms with Gasteiger partial charge in [-0.3, -0.25) is 9.48 Å². The van der Waals surface area contributed by atoms with Gasteiger partial charge in [-0.15, -0.1) is 0 Å². The lowest BCUT2D eigenvalue weighted by Gasteiger charge is -2.29. The predicted molar refractivity (Wildman–Crippen MR) is 92.7 cm³/mol. The van der Waals surface area contributed by atoms with Gasteiger partial charge in [-0.25, -0.2) is 0 Å². The molecule has 0 aliphatic heterocycles. The Labute approximate surface area is 144 Å². The lowest BCUT2D eigenvalue weighted by molar-refractivity contribution is -0.127. The second-order valence-corrected chi connectivity index (χ2v) is 7.21. The van der Waals surface area contributed by atoms with Crippen LogP contribution < -0.4 is 11.1 Å². The lowest BCUT2D eigenvalue weighted by Crippen LogP contribution is -2.50. The van der Waals surface area contributed by atoms with Crippen molar-refractivity contribution in [3.63, 3.8) is 0 Å². The number of halogens is 1. The predicted octanol–water partition coefficient (Wildman–Crippen LogP) is 2.55. The molecule has 1 aliphatic rings. The maximum Gasteiger partial charge on any atom is 0.244 e. The summed E-state index contributed by atoms with van der Waals surface area (Å²) in [7, 11) is 1.94. The van der Waals surface area contributed by atoms with Crippen molar-refractivity contribution >= 4 is 21.8 Å². The number of carbonyl (C=O) groups is 1. The molecule has 2 aromatic rings. The van der Waals surface area contributed by atoms with Crippen molar-refractivity contribution in [2.75, 3.05) is 0 Å². The number of hydrogen-bond donors (Lipinski definition) is 2. The molecule has 122 valence electrons. The summed E-state index contributed by atoms with van der Waals surface area (Å²) in [5.41, 5.74) is 8.36. The van der Waals surface area contributed by atoms with Gasteiger partial charge >= 0.3 is 0 Å². The Morgan fingerprint density at radius 1 is 1.43 bits per heavy atom. The highest BCUT2D eigenvalue weighted by Gasteiger charge is 2.34. The first-order valence-corrected chi connectivity index (χ1v) is 8.55. The van der Waals surface area contributed by atoms with E-state index >= 15 is 0 Å². The summed E-state index contributed by atoms with van der Waals surface area (Å²) in [5.74, 6) is -0.165. The first kappa shape index (κ1) is 16.2. The highest BCUT2D eigenvalue weighted by Crippen LogP contribution is 2.30. The minimum atomic E-state index is -1.07. The quantitative estimate of drug-likeness (QED) is 0.864. The molecule has 0 radical (unpaired) electrons. The van der Waals surface area contributed by atoms with E-state index in [-0.39, 0.29) is 11.9 Å². The first-order valence-electron chi connectivity index (χ1n) is 7.76. The van der Waals surface area contributed by atoms with Crippen molar-refractivity contribution in [2.24, 2.45) is 12.8 Å². The van der Waals surface area contributed by atoms with Crippen LogP contribution in [-0.4, -0.2) is 15.7 Å². The molecule has 5 nitrogen and oxygen atoms in total. The Morgan fingerprint density at radius 2 is 2.13 bits per heavy atom. The van der Waals surface area contributed by atoms with Crippen LogP contribution in [0, 0.1) is 0 Å². The number of aryl methyl sites for hydroxylation is 1. The molecule has 0 fully saturated rings. The highest BCUT2D eigenvalue weighted by molar-refractivity contribution is 9.10. The van der Waals surface area contributed by atoms with Gasteiger partial charge in [0, 0.05) is 22.8 Å². The molecule has 1 aliphatic carbocycles. The number of carbonyl (C=O) groups excluding carboxylic acids is 1. The molecule has 2 atom stereocenters. The van der Waals surface area contributed by atoms with Gasteiger partial charge in [-0.1, -0.05) is 28.1 Å². The van der Waals surface area contributed by atoms with E-state index in [9.17, 15) is 4.79 Å². The molecule has 0 saturated carbocycles. The molecule has 1 amide bonds. The fourth-order valence-electron chi connectivity index (χ4n) is 3.09. The third kappa shape index (κ3) is 3.05. The minimum Gasteiger partial charge on any atom is -0.347 e. The second kappa shape index (κ2) is 6.09. The zero-order valence-electron chi connectivity index (χ0n) is 13.3. The van der Waals surface area contributed by atoms with E-state index in [1.165, 1.54) is 5.69 Å². The van der Waals surface area contributed by atoms with Crippen LogP contribution >= 0.6 is 15.9 Å². The smallest absolute Gasteiger partial charge is 0.244 e. The zero-order valence-corrected chi connectivity index (χ0v) is 14.9. The van der Waals surface area contributed by atoms with Gasteiger partial charge in [-0.2, -0.15) is 5.10 Å². The number of nitrogens with two attached hydrogens (primary N) is 1. The molecule has 1 aromatic heterocycles. The zero-order chi connectivity index (χ0) is 16.6. The van der Waals surface area contributed by atoms with Gasteiger partial charge in [0.1, 0.15) is 5.54 Å². The number of nitrogens with zero attached hydrogens (tertiary/aromatic N) is 2. The van der Waals surface area contributed by atoms with Crippen LogP contribution in [0.1, 0.15) is 42.6 Å². The summed E-state index contributed by atoms with van der Waals surface area (Å²) in [5, 5.41) is 7.43. The van der Waals surface area contributed by atoms with Gasteiger partial charge in [0.05, 0.1) is 12.2 Å². The van der Waals surface area contributed by atoms with E-state index in [0.717, 1.165) is 34.9 Å². The molecule has 0 saturated heterocycles. The summed E-state index contributed by atoms with van der Waals surface area (Å²) in [6.07, 6.45) is 4.82. The summed E-state index contributed by atoms with van der Waals surface area (Å²) in [4.78, 5) is 12.8. The molecule has 0 spiro atoms. The third-order valence-corrected chi connectivity index (χ3v) is 5.13. The van der Waals surface area contributed by atoms with Crippen LogP contribution in [0.2, 0.25) is 0 Å². The number of fused-ring (bicyclic) bond motifs is 1. The van der Waals surface area contributed by atoms with E-state index in [1.54, 1.807) is 6.92 Å². The van der Waals surface area contributed by atoms with E-state index in [4.69, 9.17) is 5.73 Å². The third-order valence-electron chi connectivity index (χ3n) is 4.60. The molecule has 3 N–H and O–H groups in total. The standard InChI is InChI=1S/C17H21BrN4O/c1-17(19,11-6-8-12(18)9-7-11)16(23)21-14-4-3-5-15-13(14)10-20-22(15)2/h6-10,14H,3-5,19H2,1-2H3,(H,21,23). The number of amides is 1. The molecular weight excluding hydrogens is 356 g/mol. The van der Waals surface area contributed by atoms with Gasteiger partial charge in [0.15, 0.2) is 0 Å². The maximum absolute atomic E-state index is 12.8. The summed E-state index contributed by atoms with van der Waals surface area (Å²) < 4.78 is 2.86. The normalized spacial score (nSPS) is 19.7. The van der Waals surface area contributed by atoms with Crippen molar-refractivity contribution in [1.29, 1.82) is 0 Å². The summed E-state index contributed by atoms with van der Waals surface area (Å²) in [6.45, 7) is 1.75. The average molecular weight is 377 g/mol. The Balaban J connectivity index is 1.80. The van der Waals surface area contributed by atoms with Crippen LogP contribution in [0.25, 0.3) is 0 Å². The summed E-state index contributed by atoms with van der Waals surface area (Å²) >= 11 is 3.40. The Kier molecular flexibility index (Phi) is 4.29. The maximum atomic E-state index is 12.8. The molecule has 23 heavy (non-hydrogen) atoms. The Hall–Kier alpha value is -1.66. The highest BCUT2D eigenvalue weighted by atomic mass is 79.9. The SMILES string of the molecule is Cn1ncc2c1CCCC2NC(=O)C(C)(N)c1ccc(Br)cc1. The van der Waals surface area contributed by atoms with Crippen LogP contribution in [0.4, 0.5) is 0 Å². The van der Waals surface area contributed by atoms with Gasteiger partial charge in [0.2, 0.25) is 5.91 Å². The van der Waals surface area contributed by atoms with Crippen LogP contribution in [-0.2, 0) is 23.8 Å². The van der Waals surface area contributed by atoms with Crippen molar-refractivity contribution < 1.29 is 4.79 Å². The largest absolute Gasteiger partial charge is 0.347 e. The van der Waals surface area contributed by atoms with E-state index in [0.29, 0.717) is 0 Å². The van der Waals surface area contributed by atoms with E-state index in [1.807, 2.05) is 42.2 Å². The molecule has 3 rings (SSSR count). The van der Waals surface area contributed by atoms with Gasteiger partial charge in [0.25, 0.3) is 0 Å². The molecule has 2 unspecified atom stereocenters. The second-order valence-electron chi connectivity index (χ2n) is 6.30. The Morgan fingerprint density at radius 3 is 2.83 bits per heavy atom. The van der Waals surface area contributed by atoms with Crippen LogP contribution in [0.15, 0.2) is 34.9 Å². The van der Waals surface area contributed by atoms with Crippen molar-refractivity contribution in [3.05, 3.63) is 51.8 Å². The first-order chi connectivity index (χ1) is 10.9. The van der Waals surface area contributed by atoms with E-state index < -0.39 is 5.54 Å². The molecule has 1 heterocycles. The van der Waals surface area contributed by atoms with Gasteiger partial charge < -0.3 is 11.1 Å².